The molecule has 33 heavy (non-hydrogen) atoms. The van der Waals surface area contributed by atoms with Crippen LogP contribution in [-0.2, 0) is 6.42 Å². The second-order valence-corrected chi connectivity index (χ2v) is 7.90. The minimum absolute atomic E-state index is 0. The Kier molecular flexibility index (Phi) is 11.6. The number of aromatic hydroxyl groups is 1. The van der Waals surface area contributed by atoms with Gasteiger partial charge in [-0.15, -0.1) is 24.0 Å². The summed E-state index contributed by atoms with van der Waals surface area (Å²) >= 11 is 0. The van der Waals surface area contributed by atoms with E-state index in [1.807, 2.05) is 24.3 Å². The quantitative estimate of drug-likeness (QED) is 0.229. The fourth-order valence-corrected chi connectivity index (χ4v) is 4.10. The van der Waals surface area contributed by atoms with Crippen molar-refractivity contribution in [1.82, 2.24) is 15.5 Å². The van der Waals surface area contributed by atoms with Gasteiger partial charge in [0.15, 0.2) is 17.5 Å². The number of phenols is 1. The molecule has 3 rings (SSSR count). The van der Waals surface area contributed by atoms with Crippen LogP contribution in [0.3, 0.4) is 0 Å². The molecule has 1 aliphatic rings. The smallest absolute Gasteiger partial charge is 0.191 e. The Hall–Kier alpha value is -2.20. The summed E-state index contributed by atoms with van der Waals surface area (Å²) in [5.74, 6) is 2.35. The van der Waals surface area contributed by atoms with Crippen molar-refractivity contribution in [3.8, 4) is 17.2 Å². The molecule has 7 nitrogen and oxygen atoms in total. The number of benzene rings is 2. The minimum atomic E-state index is 0. The predicted molar refractivity (Wildman–Crippen MR) is 144 cm³/mol. The molecule has 2 aromatic carbocycles. The van der Waals surface area contributed by atoms with E-state index in [0.717, 1.165) is 36.9 Å². The monoisotopic (exact) mass is 568 g/mol. The number of halogens is 1. The number of nitrogens with one attached hydrogen (secondary N) is 2. The highest BCUT2D eigenvalue weighted by Crippen LogP contribution is 2.30. The highest BCUT2D eigenvalue weighted by Gasteiger charge is 2.23. The molecule has 2 aromatic rings. The lowest BCUT2D eigenvalue weighted by atomic mass is 10.1. The summed E-state index contributed by atoms with van der Waals surface area (Å²) in [5, 5.41) is 17.0. The molecule has 1 atom stereocenters. The first kappa shape index (κ1) is 27.0. The Balaban J connectivity index is 0.00000385. The number of hydrogen-bond donors (Lipinski definition) is 3. The molecule has 1 fully saturated rings. The Labute approximate surface area is 214 Å². The van der Waals surface area contributed by atoms with Gasteiger partial charge in [-0.05, 0) is 68.6 Å². The van der Waals surface area contributed by atoms with E-state index in [1.54, 1.807) is 20.3 Å². The molecule has 1 heterocycles. The lowest BCUT2D eigenvalue weighted by Crippen LogP contribution is -2.39. The van der Waals surface area contributed by atoms with E-state index >= 15 is 0 Å². The number of aliphatic imine (C=N–C) groups is 1. The fraction of sp³-hybridized carbons (Fsp3) is 0.480. The van der Waals surface area contributed by atoms with E-state index in [2.05, 4.69) is 34.6 Å². The summed E-state index contributed by atoms with van der Waals surface area (Å²) in [6.45, 7) is 6.34. The molecular weight excluding hydrogens is 531 g/mol. The Morgan fingerprint density at radius 2 is 1.85 bits per heavy atom. The molecule has 0 saturated carbocycles. The zero-order valence-electron chi connectivity index (χ0n) is 19.8. The largest absolute Gasteiger partial charge is 0.504 e. The van der Waals surface area contributed by atoms with Gasteiger partial charge in [-0.2, -0.15) is 0 Å². The van der Waals surface area contributed by atoms with Crippen LogP contribution in [0.15, 0.2) is 47.5 Å². The molecule has 1 aliphatic heterocycles. The van der Waals surface area contributed by atoms with Gasteiger partial charge in [0.25, 0.3) is 0 Å². The lowest BCUT2D eigenvalue weighted by Gasteiger charge is -2.27. The molecule has 8 heteroatoms. The van der Waals surface area contributed by atoms with Gasteiger partial charge in [-0.3, -0.25) is 9.89 Å². The lowest BCUT2D eigenvalue weighted by molar-refractivity contribution is 0.251. The second-order valence-electron chi connectivity index (χ2n) is 7.90. The number of likely N-dealkylation sites (tertiary alicyclic amines) is 1. The predicted octanol–water partition coefficient (Wildman–Crippen LogP) is 3.96. The normalized spacial score (nSPS) is 14.9. The molecule has 1 unspecified atom stereocenters. The van der Waals surface area contributed by atoms with Crippen molar-refractivity contribution < 1.29 is 14.6 Å². The van der Waals surface area contributed by atoms with Gasteiger partial charge >= 0.3 is 0 Å². The third-order valence-electron chi connectivity index (χ3n) is 5.82. The Morgan fingerprint density at radius 3 is 2.55 bits per heavy atom. The van der Waals surface area contributed by atoms with Crippen molar-refractivity contribution in [2.45, 2.75) is 32.2 Å². The Bertz CT molecular complexity index is 888. The number of nitrogens with zero attached hydrogens (tertiary/aromatic N) is 2. The summed E-state index contributed by atoms with van der Waals surface area (Å²) < 4.78 is 10.6. The van der Waals surface area contributed by atoms with Crippen LogP contribution in [0, 0.1) is 0 Å². The van der Waals surface area contributed by atoms with Gasteiger partial charge in [0.2, 0.25) is 0 Å². The van der Waals surface area contributed by atoms with Crippen molar-refractivity contribution in [1.29, 1.82) is 0 Å². The van der Waals surface area contributed by atoms with E-state index in [9.17, 15) is 5.11 Å². The average Bonchev–Trinajstić information content (AvgIpc) is 3.35. The van der Waals surface area contributed by atoms with E-state index < -0.39 is 0 Å². The van der Waals surface area contributed by atoms with Crippen LogP contribution in [0.4, 0.5) is 0 Å². The van der Waals surface area contributed by atoms with Crippen molar-refractivity contribution in [3.63, 3.8) is 0 Å². The van der Waals surface area contributed by atoms with Crippen LogP contribution in [0.5, 0.6) is 17.2 Å². The van der Waals surface area contributed by atoms with Crippen LogP contribution in [0.25, 0.3) is 0 Å². The first-order valence-corrected chi connectivity index (χ1v) is 11.4. The molecule has 0 radical (unpaired) electrons. The van der Waals surface area contributed by atoms with Crippen molar-refractivity contribution in [3.05, 3.63) is 53.6 Å². The van der Waals surface area contributed by atoms with Crippen LogP contribution >= 0.6 is 24.0 Å². The van der Waals surface area contributed by atoms with E-state index in [0.29, 0.717) is 25.3 Å². The molecule has 0 aromatic heterocycles. The standard InChI is InChI=1S/C25H36N4O3.HI/c1-4-26-25(27-14-13-19-9-8-12-23(32-3)24(19)30)28-18-22(29-15-5-6-16-29)20-10-7-11-21(17-20)31-2;/h7-12,17,22,30H,4-6,13-16,18H2,1-3H3,(H2,26,27,28);1H. The Morgan fingerprint density at radius 1 is 1.09 bits per heavy atom. The molecular formula is C25H37IN4O3. The third-order valence-corrected chi connectivity index (χ3v) is 5.82. The van der Waals surface area contributed by atoms with Crippen LogP contribution in [-0.4, -0.2) is 62.9 Å². The zero-order valence-corrected chi connectivity index (χ0v) is 22.2. The number of hydrogen-bond acceptors (Lipinski definition) is 5. The number of rotatable bonds is 10. The highest BCUT2D eigenvalue weighted by molar-refractivity contribution is 14.0. The number of ether oxygens (including phenoxy) is 2. The molecule has 0 aliphatic carbocycles. The summed E-state index contributed by atoms with van der Waals surface area (Å²) in [4.78, 5) is 7.41. The molecule has 0 bridgehead atoms. The number of phenolic OH excluding ortho intramolecular Hbond substituents is 1. The van der Waals surface area contributed by atoms with Crippen LogP contribution < -0.4 is 20.1 Å². The van der Waals surface area contributed by atoms with E-state index in [-0.39, 0.29) is 35.8 Å². The topological polar surface area (TPSA) is 78.4 Å². The maximum Gasteiger partial charge on any atom is 0.191 e. The van der Waals surface area contributed by atoms with Gasteiger partial charge in [-0.1, -0.05) is 24.3 Å². The highest BCUT2D eigenvalue weighted by atomic mass is 127. The first-order valence-electron chi connectivity index (χ1n) is 11.4. The average molecular weight is 569 g/mol. The third kappa shape index (κ3) is 7.67. The second kappa shape index (κ2) is 14.1. The number of methoxy groups -OCH3 is 2. The maximum absolute atomic E-state index is 10.3. The van der Waals surface area contributed by atoms with Crippen LogP contribution in [0.1, 0.15) is 36.9 Å². The summed E-state index contributed by atoms with van der Waals surface area (Å²) in [6.07, 6.45) is 3.12. The summed E-state index contributed by atoms with van der Waals surface area (Å²) in [6, 6.07) is 14.1. The molecule has 182 valence electrons. The summed E-state index contributed by atoms with van der Waals surface area (Å²) in [7, 11) is 3.27. The minimum Gasteiger partial charge on any atom is -0.504 e. The van der Waals surface area contributed by atoms with Crippen LogP contribution in [0.2, 0.25) is 0 Å². The van der Waals surface area contributed by atoms with Crippen molar-refractivity contribution >= 4 is 29.9 Å². The van der Waals surface area contributed by atoms with Gasteiger partial charge in [-0.25, -0.2) is 0 Å². The van der Waals surface area contributed by atoms with Gasteiger partial charge < -0.3 is 25.2 Å². The van der Waals surface area contributed by atoms with E-state index in [1.165, 1.54) is 18.4 Å². The molecule has 3 N–H and O–H groups in total. The molecule has 0 spiro atoms. The number of guanidine groups is 1. The number of para-hydroxylation sites is 1. The first-order chi connectivity index (χ1) is 15.7. The van der Waals surface area contributed by atoms with Gasteiger partial charge in [0, 0.05) is 13.1 Å². The van der Waals surface area contributed by atoms with Crippen molar-refractivity contribution in [2.24, 2.45) is 4.99 Å². The SMILES string of the molecule is CCNC(=NCC(c1cccc(OC)c1)N1CCCC1)NCCc1cccc(OC)c1O.I. The maximum atomic E-state index is 10.3. The van der Waals surface area contributed by atoms with Crippen molar-refractivity contribution in [2.75, 3.05) is 46.9 Å². The van der Waals surface area contributed by atoms with Gasteiger partial charge in [0.05, 0.1) is 26.8 Å². The summed E-state index contributed by atoms with van der Waals surface area (Å²) in [5.41, 5.74) is 2.08. The van der Waals surface area contributed by atoms with Gasteiger partial charge in [0.1, 0.15) is 5.75 Å². The fourth-order valence-electron chi connectivity index (χ4n) is 4.10. The van der Waals surface area contributed by atoms with E-state index in [4.69, 9.17) is 14.5 Å². The molecule has 1 saturated heterocycles. The molecule has 0 amide bonds. The zero-order chi connectivity index (χ0) is 22.8.